The fourth-order valence-electron chi connectivity index (χ4n) is 2.64. The van der Waals surface area contributed by atoms with Gasteiger partial charge >= 0.3 is 0 Å². The third-order valence-electron chi connectivity index (χ3n) is 3.91. The lowest BCUT2D eigenvalue weighted by Crippen LogP contribution is -2.17. The molecule has 126 valence electrons. The summed E-state index contributed by atoms with van der Waals surface area (Å²) in [5.41, 5.74) is 3.20. The first kappa shape index (κ1) is 15.9. The zero-order valence-corrected chi connectivity index (χ0v) is 15.0. The Labute approximate surface area is 150 Å². The molecule has 2 heterocycles. The fraction of sp³-hybridized carbons (Fsp3) is 0.211. The van der Waals surface area contributed by atoms with Gasteiger partial charge in [-0.1, -0.05) is 29.8 Å². The number of para-hydroxylation sites is 1. The van der Waals surface area contributed by atoms with E-state index in [4.69, 9.17) is 4.42 Å². The number of thiazole rings is 1. The van der Waals surface area contributed by atoms with Gasteiger partial charge in [0.25, 0.3) is 0 Å². The summed E-state index contributed by atoms with van der Waals surface area (Å²) in [6.07, 6.45) is 0. The molecule has 4 aromatic rings. The molecule has 2 aromatic carbocycles. The van der Waals surface area contributed by atoms with Gasteiger partial charge in [-0.2, -0.15) is 0 Å². The van der Waals surface area contributed by atoms with Gasteiger partial charge in [0.05, 0.1) is 23.3 Å². The predicted molar refractivity (Wildman–Crippen MR) is 99.3 cm³/mol. The summed E-state index contributed by atoms with van der Waals surface area (Å²) >= 11 is 1.72. The van der Waals surface area contributed by atoms with Gasteiger partial charge in [-0.25, -0.2) is 4.98 Å². The third kappa shape index (κ3) is 3.60. The normalized spacial score (nSPS) is 11.5. The van der Waals surface area contributed by atoms with Crippen molar-refractivity contribution in [1.29, 1.82) is 0 Å². The van der Waals surface area contributed by atoms with Crippen molar-refractivity contribution in [3.8, 4) is 11.5 Å². The van der Waals surface area contributed by atoms with E-state index >= 15 is 0 Å². The number of aryl methyl sites for hydroxylation is 1. The molecule has 0 fully saturated rings. The van der Waals surface area contributed by atoms with Gasteiger partial charge in [-0.15, -0.1) is 21.5 Å². The molecule has 0 spiro atoms. The number of nitrogens with zero attached hydrogens (tertiary/aromatic N) is 4. The van der Waals surface area contributed by atoms with Crippen LogP contribution in [-0.2, 0) is 13.1 Å². The number of benzene rings is 2. The van der Waals surface area contributed by atoms with Gasteiger partial charge in [-0.3, -0.25) is 4.90 Å². The number of hydrogen-bond acceptors (Lipinski definition) is 6. The molecular weight excluding hydrogens is 332 g/mol. The highest BCUT2D eigenvalue weighted by Crippen LogP contribution is 2.23. The first-order valence-electron chi connectivity index (χ1n) is 8.10. The standard InChI is InChI=1S/C19H18N4OS/c1-13-7-9-14(10-8-13)19-22-21-17(24-19)11-23(2)12-18-20-15-5-3-4-6-16(15)25-18/h3-10H,11-12H2,1-2H3. The van der Waals surface area contributed by atoms with Crippen molar-refractivity contribution < 1.29 is 4.42 Å². The lowest BCUT2D eigenvalue weighted by atomic mass is 10.1. The van der Waals surface area contributed by atoms with E-state index in [-0.39, 0.29) is 0 Å². The molecule has 0 aliphatic heterocycles. The first-order chi connectivity index (χ1) is 12.2. The molecule has 4 rings (SSSR count). The molecule has 0 aliphatic carbocycles. The summed E-state index contributed by atoms with van der Waals surface area (Å²) in [6, 6.07) is 16.3. The van der Waals surface area contributed by atoms with Gasteiger partial charge < -0.3 is 4.42 Å². The van der Waals surface area contributed by atoms with Crippen molar-refractivity contribution in [2.75, 3.05) is 7.05 Å². The Morgan fingerprint density at radius 3 is 2.60 bits per heavy atom. The highest BCUT2D eigenvalue weighted by Gasteiger charge is 2.12. The Hall–Kier alpha value is -2.57. The molecule has 2 aromatic heterocycles. The predicted octanol–water partition coefficient (Wildman–Crippen LogP) is 4.29. The van der Waals surface area contributed by atoms with Gasteiger partial charge in [-0.05, 0) is 38.2 Å². The molecule has 0 saturated heterocycles. The Morgan fingerprint density at radius 2 is 1.80 bits per heavy atom. The molecule has 0 saturated carbocycles. The van der Waals surface area contributed by atoms with Gasteiger partial charge in [0.2, 0.25) is 11.8 Å². The molecule has 0 N–H and O–H groups in total. The van der Waals surface area contributed by atoms with Crippen molar-refractivity contribution in [1.82, 2.24) is 20.1 Å². The van der Waals surface area contributed by atoms with E-state index in [1.165, 1.54) is 10.3 Å². The maximum absolute atomic E-state index is 5.80. The van der Waals surface area contributed by atoms with E-state index in [9.17, 15) is 0 Å². The number of rotatable bonds is 5. The summed E-state index contributed by atoms with van der Waals surface area (Å²) in [7, 11) is 2.03. The lowest BCUT2D eigenvalue weighted by Gasteiger charge is -2.11. The minimum atomic E-state index is 0.559. The molecule has 5 nitrogen and oxygen atoms in total. The summed E-state index contributed by atoms with van der Waals surface area (Å²) in [5, 5.41) is 9.40. The van der Waals surface area contributed by atoms with E-state index in [0.717, 1.165) is 22.6 Å². The number of fused-ring (bicyclic) bond motifs is 1. The molecule has 0 radical (unpaired) electrons. The van der Waals surface area contributed by atoms with Crippen LogP contribution in [0.2, 0.25) is 0 Å². The van der Waals surface area contributed by atoms with Crippen molar-refractivity contribution in [2.45, 2.75) is 20.0 Å². The van der Waals surface area contributed by atoms with Crippen LogP contribution in [0.25, 0.3) is 21.7 Å². The average Bonchev–Trinajstić information content (AvgIpc) is 3.21. The smallest absolute Gasteiger partial charge is 0.247 e. The van der Waals surface area contributed by atoms with E-state index in [1.807, 2.05) is 49.5 Å². The highest BCUT2D eigenvalue weighted by molar-refractivity contribution is 7.18. The second kappa shape index (κ2) is 6.74. The van der Waals surface area contributed by atoms with Crippen LogP contribution in [-0.4, -0.2) is 27.1 Å². The first-order valence-corrected chi connectivity index (χ1v) is 8.91. The minimum Gasteiger partial charge on any atom is -0.419 e. The summed E-state index contributed by atoms with van der Waals surface area (Å²) in [5.74, 6) is 1.17. The molecule has 0 aliphatic rings. The monoisotopic (exact) mass is 350 g/mol. The maximum atomic E-state index is 5.80. The third-order valence-corrected chi connectivity index (χ3v) is 4.94. The molecule has 0 unspecified atom stereocenters. The fourth-order valence-corrected chi connectivity index (χ4v) is 3.68. The van der Waals surface area contributed by atoms with E-state index in [1.54, 1.807) is 11.3 Å². The molecule has 0 amide bonds. The van der Waals surface area contributed by atoms with Crippen molar-refractivity contribution in [3.63, 3.8) is 0 Å². The number of hydrogen-bond donors (Lipinski definition) is 0. The second-order valence-electron chi connectivity index (χ2n) is 6.11. The maximum Gasteiger partial charge on any atom is 0.247 e. The largest absolute Gasteiger partial charge is 0.419 e. The summed E-state index contributed by atoms with van der Waals surface area (Å²) in [4.78, 5) is 6.79. The summed E-state index contributed by atoms with van der Waals surface area (Å²) < 4.78 is 7.01. The van der Waals surface area contributed by atoms with E-state index < -0.39 is 0 Å². The van der Waals surface area contributed by atoms with Crippen molar-refractivity contribution >= 4 is 21.6 Å². The molecular formula is C19H18N4OS. The number of aromatic nitrogens is 3. The quantitative estimate of drug-likeness (QED) is 0.537. The zero-order valence-electron chi connectivity index (χ0n) is 14.1. The van der Waals surface area contributed by atoms with Gasteiger partial charge in [0.15, 0.2) is 0 Å². The molecule has 0 atom stereocenters. The molecule has 6 heteroatoms. The average molecular weight is 350 g/mol. The topological polar surface area (TPSA) is 55.1 Å². The van der Waals surface area contributed by atoms with Gasteiger partial charge in [0, 0.05) is 5.56 Å². The molecule has 0 bridgehead atoms. The van der Waals surface area contributed by atoms with Crippen LogP contribution in [0.1, 0.15) is 16.5 Å². The van der Waals surface area contributed by atoms with Crippen LogP contribution < -0.4 is 0 Å². The van der Waals surface area contributed by atoms with Crippen LogP contribution >= 0.6 is 11.3 Å². The Morgan fingerprint density at radius 1 is 1.00 bits per heavy atom. The van der Waals surface area contributed by atoms with Crippen molar-refractivity contribution in [2.24, 2.45) is 0 Å². The Kier molecular flexibility index (Phi) is 4.29. The van der Waals surface area contributed by atoms with E-state index in [2.05, 4.69) is 33.1 Å². The minimum absolute atomic E-state index is 0.559. The highest BCUT2D eigenvalue weighted by atomic mass is 32.1. The Balaban J connectivity index is 1.44. The SMILES string of the molecule is Cc1ccc(-c2nnc(CN(C)Cc3nc4ccccc4s3)o2)cc1. The Bertz CT molecular complexity index is 957. The second-order valence-corrected chi connectivity index (χ2v) is 7.23. The van der Waals surface area contributed by atoms with Gasteiger partial charge in [0.1, 0.15) is 5.01 Å². The van der Waals surface area contributed by atoms with Crippen LogP contribution in [0.5, 0.6) is 0 Å². The van der Waals surface area contributed by atoms with Crippen LogP contribution in [0.4, 0.5) is 0 Å². The molecule has 25 heavy (non-hydrogen) atoms. The zero-order chi connectivity index (χ0) is 17.2. The summed E-state index contributed by atoms with van der Waals surface area (Å²) in [6.45, 7) is 3.40. The van der Waals surface area contributed by atoms with Crippen LogP contribution in [0, 0.1) is 6.92 Å². The van der Waals surface area contributed by atoms with Crippen LogP contribution in [0.15, 0.2) is 52.9 Å². The van der Waals surface area contributed by atoms with Crippen molar-refractivity contribution in [3.05, 3.63) is 65.0 Å². The lowest BCUT2D eigenvalue weighted by molar-refractivity contribution is 0.282. The van der Waals surface area contributed by atoms with Crippen LogP contribution in [0.3, 0.4) is 0 Å². The van der Waals surface area contributed by atoms with E-state index in [0.29, 0.717) is 18.3 Å².